The second-order valence-corrected chi connectivity index (χ2v) is 7.91. The average Bonchev–Trinajstić information content (AvgIpc) is 3.22. The smallest absolute Gasteiger partial charge is 0.272 e. The number of fused-ring (bicyclic) bond motifs is 3. The highest BCUT2D eigenvalue weighted by atomic mass is 32.1. The van der Waals surface area contributed by atoms with Crippen LogP contribution < -0.4 is 11.0 Å². The topological polar surface area (TPSA) is 81.8 Å². The van der Waals surface area contributed by atoms with Crippen LogP contribution in [0, 0.1) is 12.8 Å². The molecule has 1 amide bonds. The molecule has 7 nitrogen and oxygen atoms in total. The lowest BCUT2D eigenvalue weighted by molar-refractivity contribution is 0.100. The van der Waals surface area contributed by atoms with Gasteiger partial charge in [0.25, 0.3) is 11.5 Å². The molecule has 3 heterocycles. The number of nitrogens with one attached hydrogen (secondary N) is 1. The third-order valence-corrected chi connectivity index (χ3v) is 6.06. The number of amides is 1. The lowest BCUT2D eigenvalue weighted by Crippen LogP contribution is -2.35. The van der Waals surface area contributed by atoms with Crippen LogP contribution in [-0.2, 0) is 19.4 Å². The number of nitrogens with zero attached hydrogens (tertiary/aromatic N) is 4. The van der Waals surface area contributed by atoms with Crippen LogP contribution in [0.2, 0.25) is 0 Å². The van der Waals surface area contributed by atoms with Crippen molar-refractivity contribution in [1.82, 2.24) is 19.4 Å². The normalized spacial score (nSPS) is 16.7. The molecule has 0 saturated carbocycles. The minimum Gasteiger partial charge on any atom is -0.272 e. The van der Waals surface area contributed by atoms with Crippen LogP contribution in [-0.4, -0.2) is 25.3 Å². The van der Waals surface area contributed by atoms with Crippen molar-refractivity contribution in [2.45, 2.75) is 46.6 Å². The maximum Gasteiger partial charge on any atom is 0.290 e. The van der Waals surface area contributed by atoms with Crippen molar-refractivity contribution < 1.29 is 4.79 Å². The van der Waals surface area contributed by atoms with E-state index < -0.39 is 5.91 Å². The van der Waals surface area contributed by atoms with E-state index in [4.69, 9.17) is 0 Å². The summed E-state index contributed by atoms with van der Waals surface area (Å²) in [5, 5.41) is 4.84. The van der Waals surface area contributed by atoms with Crippen LogP contribution in [0.1, 0.15) is 47.0 Å². The molecule has 0 spiro atoms. The molecule has 1 aliphatic rings. The third kappa shape index (κ3) is 2.74. The molecule has 0 fully saturated rings. The second kappa shape index (κ2) is 6.35. The summed E-state index contributed by atoms with van der Waals surface area (Å²) < 4.78 is 2.92. The molecule has 4 rings (SSSR count). The fourth-order valence-electron chi connectivity index (χ4n) is 3.44. The minimum atomic E-state index is -0.415. The quantitative estimate of drug-likeness (QED) is 0.767. The average molecular weight is 371 g/mol. The Hall–Kier alpha value is -2.48. The summed E-state index contributed by atoms with van der Waals surface area (Å²) in [7, 11) is 0. The van der Waals surface area contributed by atoms with E-state index in [1.807, 2.05) is 6.92 Å². The van der Waals surface area contributed by atoms with E-state index in [1.54, 1.807) is 35.2 Å². The fourth-order valence-corrected chi connectivity index (χ4v) is 4.86. The zero-order valence-corrected chi connectivity index (χ0v) is 15.9. The van der Waals surface area contributed by atoms with Crippen molar-refractivity contribution in [1.29, 1.82) is 0 Å². The van der Waals surface area contributed by atoms with E-state index in [1.165, 1.54) is 9.55 Å². The number of carbonyl (C=O) groups is 1. The minimum absolute atomic E-state index is 0.206. The highest BCUT2D eigenvalue weighted by Gasteiger charge is 2.24. The Morgan fingerprint density at radius 3 is 3.00 bits per heavy atom. The van der Waals surface area contributed by atoms with Crippen molar-refractivity contribution in [3.63, 3.8) is 0 Å². The largest absolute Gasteiger partial charge is 0.290 e. The molecule has 1 N–H and O–H groups in total. The molecule has 0 unspecified atom stereocenters. The van der Waals surface area contributed by atoms with Crippen molar-refractivity contribution in [3.05, 3.63) is 44.6 Å². The van der Waals surface area contributed by atoms with Gasteiger partial charge in [-0.1, -0.05) is 6.92 Å². The predicted molar refractivity (Wildman–Crippen MR) is 101 cm³/mol. The van der Waals surface area contributed by atoms with E-state index in [0.29, 0.717) is 23.7 Å². The molecule has 0 saturated heterocycles. The first-order chi connectivity index (χ1) is 12.5. The fraction of sp³-hybridized carbons (Fsp3) is 0.444. The molecule has 0 radical (unpaired) electrons. The molecule has 26 heavy (non-hydrogen) atoms. The molecule has 136 valence electrons. The van der Waals surface area contributed by atoms with E-state index >= 15 is 0 Å². The molecule has 3 aromatic heterocycles. The first-order valence-corrected chi connectivity index (χ1v) is 9.68. The van der Waals surface area contributed by atoms with E-state index in [-0.39, 0.29) is 11.3 Å². The Labute approximate surface area is 154 Å². The van der Waals surface area contributed by atoms with Gasteiger partial charge in [-0.25, -0.2) is 9.66 Å². The summed E-state index contributed by atoms with van der Waals surface area (Å²) in [6.45, 7) is 6.59. The summed E-state index contributed by atoms with van der Waals surface area (Å²) in [5.74, 6) is 0.686. The number of thiophene rings is 1. The van der Waals surface area contributed by atoms with Crippen LogP contribution >= 0.6 is 11.3 Å². The third-order valence-electron chi connectivity index (χ3n) is 4.91. The highest BCUT2D eigenvalue weighted by Crippen LogP contribution is 2.35. The van der Waals surface area contributed by atoms with Gasteiger partial charge in [0, 0.05) is 17.6 Å². The highest BCUT2D eigenvalue weighted by molar-refractivity contribution is 7.18. The second-order valence-electron chi connectivity index (χ2n) is 6.83. The molecular weight excluding hydrogens is 350 g/mol. The Bertz CT molecular complexity index is 1060. The number of hydrogen-bond acceptors (Lipinski definition) is 5. The van der Waals surface area contributed by atoms with Gasteiger partial charge < -0.3 is 0 Å². The maximum atomic E-state index is 13.1. The summed E-state index contributed by atoms with van der Waals surface area (Å²) >= 11 is 1.61. The van der Waals surface area contributed by atoms with Crippen LogP contribution in [0.4, 0.5) is 0 Å². The Balaban J connectivity index is 1.75. The first kappa shape index (κ1) is 17.0. The lowest BCUT2D eigenvalue weighted by Gasteiger charge is -2.17. The monoisotopic (exact) mass is 371 g/mol. The zero-order chi connectivity index (χ0) is 18.4. The predicted octanol–water partition coefficient (Wildman–Crippen LogP) is 2.49. The zero-order valence-electron chi connectivity index (χ0n) is 15.1. The Morgan fingerprint density at radius 1 is 1.46 bits per heavy atom. The first-order valence-electron chi connectivity index (χ1n) is 8.86. The number of hydrogen-bond donors (Lipinski definition) is 1. The van der Waals surface area contributed by atoms with E-state index in [9.17, 15) is 9.59 Å². The molecular formula is C18H21N5O2S. The van der Waals surface area contributed by atoms with Gasteiger partial charge in [0.15, 0.2) is 5.69 Å². The molecule has 1 aliphatic carbocycles. The van der Waals surface area contributed by atoms with Gasteiger partial charge in [-0.05, 0) is 50.7 Å². The number of aryl methyl sites for hydroxylation is 3. The van der Waals surface area contributed by atoms with Crippen molar-refractivity contribution in [2.75, 3.05) is 5.43 Å². The van der Waals surface area contributed by atoms with Gasteiger partial charge in [-0.2, -0.15) is 5.10 Å². The summed E-state index contributed by atoms with van der Waals surface area (Å²) in [6, 6.07) is 1.64. The van der Waals surface area contributed by atoms with Crippen LogP contribution in [0.5, 0.6) is 0 Å². The van der Waals surface area contributed by atoms with E-state index in [2.05, 4.69) is 22.4 Å². The van der Waals surface area contributed by atoms with Gasteiger partial charge in [0.2, 0.25) is 0 Å². The summed E-state index contributed by atoms with van der Waals surface area (Å²) in [6.07, 6.45) is 4.70. The molecule has 0 aliphatic heterocycles. The number of rotatable bonds is 3. The summed E-state index contributed by atoms with van der Waals surface area (Å²) in [5.41, 5.74) is 3.84. The number of carbonyl (C=O) groups excluding carboxylic acids is 1. The SMILES string of the molecule is CCn1ccc(C(=O)Nn2c(C)nc3sc4c(c3c2=O)CC[C@H](C)C4)n1. The molecule has 3 aromatic rings. The van der Waals surface area contributed by atoms with E-state index in [0.717, 1.165) is 29.7 Å². The molecule has 0 bridgehead atoms. The van der Waals surface area contributed by atoms with Crippen LogP contribution in [0.3, 0.4) is 0 Å². The maximum absolute atomic E-state index is 13.1. The lowest BCUT2D eigenvalue weighted by atomic mass is 9.89. The van der Waals surface area contributed by atoms with Gasteiger partial charge >= 0.3 is 0 Å². The van der Waals surface area contributed by atoms with Gasteiger partial charge in [0.1, 0.15) is 10.7 Å². The molecule has 0 aromatic carbocycles. The molecule has 1 atom stereocenters. The Morgan fingerprint density at radius 2 is 2.27 bits per heavy atom. The summed E-state index contributed by atoms with van der Waals surface area (Å²) in [4.78, 5) is 32.2. The number of aromatic nitrogens is 4. The molecule has 8 heteroatoms. The Kier molecular flexibility index (Phi) is 4.14. The van der Waals surface area contributed by atoms with Gasteiger partial charge in [-0.3, -0.25) is 19.7 Å². The standard InChI is InChI=1S/C18H21N5O2S/c1-4-22-8-7-13(20-22)16(24)21-23-11(3)19-17-15(18(23)25)12-6-5-10(2)9-14(12)26-17/h7-8,10H,4-6,9H2,1-3H3,(H,21,24)/t10-/m0/s1. The van der Waals surface area contributed by atoms with Crippen molar-refractivity contribution in [3.8, 4) is 0 Å². The van der Waals surface area contributed by atoms with Crippen LogP contribution in [0.25, 0.3) is 10.2 Å². The van der Waals surface area contributed by atoms with Gasteiger partial charge in [0.05, 0.1) is 5.39 Å². The van der Waals surface area contributed by atoms with Gasteiger partial charge in [-0.15, -0.1) is 11.3 Å². The van der Waals surface area contributed by atoms with Crippen molar-refractivity contribution >= 4 is 27.5 Å². The van der Waals surface area contributed by atoms with Crippen LogP contribution in [0.15, 0.2) is 17.1 Å². The van der Waals surface area contributed by atoms with Crippen molar-refractivity contribution in [2.24, 2.45) is 5.92 Å².